The van der Waals surface area contributed by atoms with E-state index < -0.39 is 17.1 Å². The van der Waals surface area contributed by atoms with E-state index in [0.29, 0.717) is 23.8 Å². The lowest BCUT2D eigenvalue weighted by molar-refractivity contribution is -0.127. The number of carbonyl (C=O) groups is 3. The van der Waals surface area contributed by atoms with Crippen LogP contribution in [0.15, 0.2) is 53.4 Å². The molecule has 0 radical (unpaired) electrons. The fraction of sp³-hybridized carbons (Fsp3) is 0.370. The van der Waals surface area contributed by atoms with Crippen LogP contribution < -0.4 is 15.1 Å². The van der Waals surface area contributed by atoms with Gasteiger partial charge in [0.05, 0.1) is 18.1 Å². The summed E-state index contributed by atoms with van der Waals surface area (Å²) in [5.41, 5.74) is 3.71. The predicted molar refractivity (Wildman–Crippen MR) is 143 cm³/mol. The summed E-state index contributed by atoms with van der Waals surface area (Å²) >= 11 is 0.867. The molecule has 2 aromatic carbocycles. The van der Waals surface area contributed by atoms with Gasteiger partial charge in [0.25, 0.3) is 11.1 Å². The molecule has 1 N–H and O–H groups in total. The molecule has 0 spiro atoms. The van der Waals surface area contributed by atoms with Crippen LogP contribution in [0.4, 0.5) is 21.9 Å². The van der Waals surface area contributed by atoms with Gasteiger partial charge >= 0.3 is 0 Å². The molecule has 0 saturated carbocycles. The number of hydrogen-bond acceptors (Lipinski definition) is 7. The first-order valence-electron chi connectivity index (χ1n) is 12.4. The Bertz CT molecular complexity index is 1140. The summed E-state index contributed by atoms with van der Waals surface area (Å²) in [6.45, 7) is 4.89. The Morgan fingerprint density at radius 2 is 1.47 bits per heavy atom. The summed E-state index contributed by atoms with van der Waals surface area (Å²) in [6.07, 6.45) is 5.42. The molecule has 3 fully saturated rings. The molecule has 3 aliphatic rings. The van der Waals surface area contributed by atoms with Crippen molar-refractivity contribution >= 4 is 52.0 Å². The van der Waals surface area contributed by atoms with Crippen LogP contribution in [0.2, 0.25) is 0 Å². The summed E-state index contributed by atoms with van der Waals surface area (Å²) < 4.78 is 5.38. The fourth-order valence-corrected chi connectivity index (χ4v) is 5.48. The number of benzene rings is 2. The maximum Gasteiger partial charge on any atom is 0.294 e. The molecule has 2 aromatic rings. The van der Waals surface area contributed by atoms with Crippen molar-refractivity contribution in [2.75, 3.05) is 61.1 Å². The smallest absolute Gasteiger partial charge is 0.294 e. The van der Waals surface area contributed by atoms with Gasteiger partial charge in [0.15, 0.2) is 0 Å². The first kappa shape index (κ1) is 24.4. The number of morpholine rings is 1. The standard InChI is InChI=1S/C27H30N4O4S/c32-25(28-21-6-10-23(11-7-21)30-14-16-35-17-15-30)19-31-26(33)24(36-27(31)34)18-20-4-8-22(9-5-20)29-12-2-1-3-13-29/h4-11,18H,1-3,12-17,19H2,(H,28,32)/b24-18-. The van der Waals surface area contributed by atoms with Crippen molar-refractivity contribution in [1.29, 1.82) is 0 Å². The third-order valence-electron chi connectivity index (χ3n) is 6.61. The molecule has 3 aliphatic heterocycles. The SMILES string of the molecule is O=C(CN1C(=O)S/C(=C\c2ccc(N3CCCCC3)cc2)C1=O)Nc1ccc(N2CCOCC2)cc1. The van der Waals surface area contributed by atoms with E-state index in [1.807, 2.05) is 36.4 Å². The number of carbonyl (C=O) groups excluding carboxylic acids is 3. The number of nitrogens with zero attached hydrogens (tertiary/aromatic N) is 3. The highest BCUT2D eigenvalue weighted by atomic mass is 32.2. The van der Waals surface area contributed by atoms with Crippen molar-refractivity contribution in [1.82, 2.24) is 4.90 Å². The molecule has 0 atom stereocenters. The lowest BCUT2D eigenvalue weighted by atomic mass is 10.1. The van der Waals surface area contributed by atoms with Gasteiger partial charge in [0, 0.05) is 43.2 Å². The maximum atomic E-state index is 12.9. The van der Waals surface area contributed by atoms with Crippen molar-refractivity contribution in [3.63, 3.8) is 0 Å². The van der Waals surface area contributed by atoms with Gasteiger partial charge in [0.1, 0.15) is 6.54 Å². The van der Waals surface area contributed by atoms with Gasteiger partial charge in [-0.25, -0.2) is 0 Å². The number of imide groups is 1. The second-order valence-electron chi connectivity index (χ2n) is 9.10. The van der Waals surface area contributed by atoms with Crippen LogP contribution in [0.3, 0.4) is 0 Å². The quantitative estimate of drug-likeness (QED) is 0.589. The molecule has 0 aliphatic carbocycles. The monoisotopic (exact) mass is 506 g/mol. The normalized spacial score (nSPS) is 19.8. The van der Waals surface area contributed by atoms with E-state index in [2.05, 4.69) is 27.2 Å². The Hall–Kier alpha value is -3.30. The van der Waals surface area contributed by atoms with Crippen LogP contribution in [-0.2, 0) is 14.3 Å². The number of thioether (sulfide) groups is 1. The zero-order valence-electron chi connectivity index (χ0n) is 20.2. The second kappa shape index (κ2) is 11.2. The third kappa shape index (κ3) is 5.74. The molecule has 3 heterocycles. The topological polar surface area (TPSA) is 82.2 Å². The molecule has 9 heteroatoms. The van der Waals surface area contributed by atoms with E-state index in [0.717, 1.165) is 54.1 Å². The molecule has 3 amide bonds. The highest BCUT2D eigenvalue weighted by Gasteiger charge is 2.36. The van der Waals surface area contributed by atoms with E-state index in [-0.39, 0.29) is 6.54 Å². The van der Waals surface area contributed by atoms with Gasteiger partial charge in [0.2, 0.25) is 5.91 Å². The first-order chi connectivity index (χ1) is 17.6. The van der Waals surface area contributed by atoms with Gasteiger partial charge in [-0.15, -0.1) is 0 Å². The lowest BCUT2D eigenvalue weighted by Gasteiger charge is -2.28. The fourth-order valence-electron chi connectivity index (χ4n) is 4.64. The lowest BCUT2D eigenvalue weighted by Crippen LogP contribution is -2.36. The number of rotatable bonds is 6. The van der Waals surface area contributed by atoms with Gasteiger partial charge < -0.3 is 19.9 Å². The largest absolute Gasteiger partial charge is 0.378 e. The molecule has 3 saturated heterocycles. The molecule has 0 aromatic heterocycles. The van der Waals surface area contributed by atoms with Gasteiger partial charge in [-0.2, -0.15) is 0 Å². The van der Waals surface area contributed by atoms with Gasteiger partial charge in [-0.3, -0.25) is 19.3 Å². The molecule has 188 valence electrons. The zero-order valence-corrected chi connectivity index (χ0v) is 21.0. The highest BCUT2D eigenvalue weighted by Crippen LogP contribution is 2.32. The van der Waals surface area contributed by atoms with Crippen molar-refractivity contribution in [2.24, 2.45) is 0 Å². The average Bonchev–Trinajstić information content (AvgIpc) is 3.17. The molecule has 5 rings (SSSR count). The highest BCUT2D eigenvalue weighted by molar-refractivity contribution is 8.18. The average molecular weight is 507 g/mol. The Balaban J connectivity index is 1.17. The minimum Gasteiger partial charge on any atom is -0.378 e. The van der Waals surface area contributed by atoms with Gasteiger partial charge in [-0.1, -0.05) is 12.1 Å². The van der Waals surface area contributed by atoms with Crippen molar-refractivity contribution < 1.29 is 19.1 Å². The second-order valence-corrected chi connectivity index (χ2v) is 10.1. The Kier molecular flexibility index (Phi) is 7.58. The number of nitrogens with one attached hydrogen (secondary N) is 1. The van der Waals surface area contributed by atoms with E-state index in [9.17, 15) is 14.4 Å². The number of ether oxygens (including phenoxy) is 1. The van der Waals surface area contributed by atoms with Crippen LogP contribution in [0, 0.1) is 0 Å². The van der Waals surface area contributed by atoms with Crippen molar-refractivity contribution in [3.8, 4) is 0 Å². The molecule has 0 unspecified atom stereocenters. The third-order valence-corrected chi connectivity index (χ3v) is 7.52. The minimum absolute atomic E-state index is 0.318. The van der Waals surface area contributed by atoms with Crippen LogP contribution in [-0.4, -0.2) is 67.9 Å². The van der Waals surface area contributed by atoms with Crippen LogP contribution in [0.1, 0.15) is 24.8 Å². The molecule has 8 nitrogen and oxygen atoms in total. The maximum absolute atomic E-state index is 12.9. The Morgan fingerprint density at radius 1 is 0.861 bits per heavy atom. The Morgan fingerprint density at radius 3 is 2.14 bits per heavy atom. The molecular formula is C27H30N4O4S. The summed E-state index contributed by atoms with van der Waals surface area (Å²) in [4.78, 5) is 43.8. The summed E-state index contributed by atoms with van der Waals surface area (Å²) in [6, 6.07) is 15.6. The molecule has 36 heavy (non-hydrogen) atoms. The van der Waals surface area contributed by atoms with E-state index in [4.69, 9.17) is 4.74 Å². The van der Waals surface area contributed by atoms with Crippen molar-refractivity contribution in [3.05, 3.63) is 59.0 Å². The van der Waals surface area contributed by atoms with Crippen molar-refractivity contribution in [2.45, 2.75) is 19.3 Å². The zero-order chi connectivity index (χ0) is 24.9. The Labute approximate surface area is 215 Å². The number of hydrogen-bond donors (Lipinski definition) is 1. The number of amides is 3. The summed E-state index contributed by atoms with van der Waals surface area (Å²) in [7, 11) is 0. The summed E-state index contributed by atoms with van der Waals surface area (Å²) in [5.74, 6) is -0.855. The van der Waals surface area contributed by atoms with Crippen LogP contribution in [0.25, 0.3) is 6.08 Å². The molecule has 0 bridgehead atoms. The van der Waals surface area contributed by atoms with E-state index in [1.54, 1.807) is 6.08 Å². The minimum atomic E-state index is -0.442. The van der Waals surface area contributed by atoms with E-state index in [1.165, 1.54) is 24.9 Å². The number of piperidine rings is 1. The van der Waals surface area contributed by atoms with E-state index >= 15 is 0 Å². The molecular weight excluding hydrogens is 476 g/mol. The number of anilines is 3. The van der Waals surface area contributed by atoms with Gasteiger partial charge in [-0.05, 0) is 79.1 Å². The van der Waals surface area contributed by atoms with Crippen LogP contribution in [0.5, 0.6) is 0 Å². The predicted octanol–water partition coefficient (Wildman–Crippen LogP) is 4.19. The summed E-state index contributed by atoms with van der Waals surface area (Å²) in [5, 5.41) is 2.34. The first-order valence-corrected chi connectivity index (χ1v) is 13.2. The van der Waals surface area contributed by atoms with Crippen LogP contribution >= 0.6 is 11.8 Å².